The quantitative estimate of drug-likeness (QED) is 0.373. The second kappa shape index (κ2) is 10.6. The van der Waals surface area contributed by atoms with E-state index in [-0.39, 0.29) is 24.6 Å². The van der Waals surface area contributed by atoms with Gasteiger partial charge in [0.1, 0.15) is 11.6 Å². The normalized spacial score (nSPS) is 10.1. The summed E-state index contributed by atoms with van der Waals surface area (Å²) in [6, 6.07) is 8.98. The standard InChI is InChI=1S/C20H17FO5S.C2H6/c1-3-25-18(22)10-12-9-17(19(23)15-5-4-8-26-15)27-20(12)14-7-6-13(21)11-16(14)24-2;1-2/h4-9,11H,3,10H2,1-2H3;1-2H3. The predicted octanol–water partition coefficient (Wildman–Crippen LogP) is 5.52. The maximum atomic E-state index is 13.6. The molecule has 0 saturated carbocycles. The van der Waals surface area contributed by atoms with Gasteiger partial charge in [0.2, 0.25) is 5.78 Å². The highest BCUT2D eigenvalue weighted by Gasteiger charge is 2.22. The van der Waals surface area contributed by atoms with E-state index >= 15 is 0 Å². The molecule has 0 aliphatic carbocycles. The Kier molecular flexibility index (Phi) is 8.15. The molecule has 0 spiro atoms. The first-order valence-corrected chi connectivity index (χ1v) is 10.1. The molecule has 1 aromatic carbocycles. The molecule has 0 amide bonds. The van der Waals surface area contributed by atoms with Crippen molar-refractivity contribution in [1.82, 2.24) is 0 Å². The number of hydrogen-bond acceptors (Lipinski definition) is 6. The third-order valence-corrected chi connectivity index (χ3v) is 5.04. The van der Waals surface area contributed by atoms with Crippen molar-refractivity contribution in [2.24, 2.45) is 0 Å². The lowest BCUT2D eigenvalue weighted by molar-refractivity contribution is -0.142. The number of ether oxygens (including phenoxy) is 2. The summed E-state index contributed by atoms with van der Waals surface area (Å²) in [5.74, 6) is -0.612. The van der Waals surface area contributed by atoms with Crippen molar-refractivity contribution in [2.45, 2.75) is 27.2 Å². The van der Waals surface area contributed by atoms with E-state index in [2.05, 4.69) is 0 Å². The summed E-state index contributed by atoms with van der Waals surface area (Å²) in [5, 5.41) is 0. The molecule has 0 N–H and O–H groups in total. The number of rotatable bonds is 7. The lowest BCUT2D eigenvalue weighted by Crippen LogP contribution is -2.07. The maximum Gasteiger partial charge on any atom is 0.310 e. The van der Waals surface area contributed by atoms with Crippen molar-refractivity contribution in [3.05, 3.63) is 64.7 Å². The topological polar surface area (TPSA) is 65.7 Å². The van der Waals surface area contributed by atoms with Gasteiger partial charge in [-0.05, 0) is 42.8 Å². The Labute approximate surface area is 173 Å². The Morgan fingerprint density at radius 3 is 2.55 bits per heavy atom. The van der Waals surface area contributed by atoms with Gasteiger partial charge in [0.25, 0.3) is 0 Å². The van der Waals surface area contributed by atoms with Crippen LogP contribution in [0.4, 0.5) is 4.39 Å². The molecular weight excluding hydrogens is 395 g/mol. The molecule has 0 atom stereocenters. The SMILES string of the molecule is CC.CCOC(=O)Cc1cc(C(=O)c2ccco2)sc1-c1ccc(F)cc1OC. The molecule has 29 heavy (non-hydrogen) atoms. The van der Waals surface area contributed by atoms with E-state index in [0.717, 1.165) is 0 Å². The van der Waals surface area contributed by atoms with Crippen LogP contribution >= 0.6 is 11.3 Å². The van der Waals surface area contributed by atoms with Gasteiger partial charge in [-0.1, -0.05) is 13.8 Å². The van der Waals surface area contributed by atoms with Gasteiger partial charge in [-0.15, -0.1) is 11.3 Å². The molecule has 7 heteroatoms. The van der Waals surface area contributed by atoms with Crippen LogP contribution in [0.3, 0.4) is 0 Å². The fraction of sp³-hybridized carbons (Fsp3) is 0.273. The van der Waals surface area contributed by atoms with E-state index in [9.17, 15) is 14.0 Å². The zero-order chi connectivity index (χ0) is 21.4. The van der Waals surface area contributed by atoms with Crippen molar-refractivity contribution >= 4 is 23.1 Å². The number of carbonyl (C=O) groups excluding carboxylic acids is 2. The number of carbonyl (C=O) groups is 2. The summed E-state index contributed by atoms with van der Waals surface area (Å²) >= 11 is 1.19. The number of halogens is 1. The molecule has 0 fully saturated rings. The lowest BCUT2D eigenvalue weighted by Gasteiger charge is -2.09. The Balaban J connectivity index is 0.00000145. The number of thiophene rings is 1. The average molecular weight is 418 g/mol. The molecule has 3 rings (SSSR count). The van der Waals surface area contributed by atoms with Crippen molar-refractivity contribution in [2.75, 3.05) is 13.7 Å². The molecule has 5 nitrogen and oxygen atoms in total. The largest absolute Gasteiger partial charge is 0.496 e. The van der Waals surface area contributed by atoms with Crippen LogP contribution in [-0.2, 0) is 16.0 Å². The number of benzene rings is 1. The fourth-order valence-corrected chi connectivity index (χ4v) is 3.80. The van der Waals surface area contributed by atoms with Crippen molar-refractivity contribution in [3.63, 3.8) is 0 Å². The highest BCUT2D eigenvalue weighted by atomic mass is 32.1. The summed E-state index contributed by atoms with van der Waals surface area (Å²) in [7, 11) is 1.44. The molecule has 3 aromatic rings. The Morgan fingerprint density at radius 1 is 1.17 bits per heavy atom. The van der Waals surface area contributed by atoms with Gasteiger partial charge in [0, 0.05) is 16.5 Å². The van der Waals surface area contributed by atoms with Crippen molar-refractivity contribution in [3.8, 4) is 16.2 Å². The van der Waals surface area contributed by atoms with Gasteiger partial charge in [0.15, 0.2) is 5.76 Å². The van der Waals surface area contributed by atoms with Gasteiger partial charge in [-0.25, -0.2) is 4.39 Å². The minimum atomic E-state index is -0.439. The van der Waals surface area contributed by atoms with Gasteiger partial charge in [-0.3, -0.25) is 9.59 Å². The molecule has 0 radical (unpaired) electrons. The van der Waals surface area contributed by atoms with E-state index in [1.54, 1.807) is 31.2 Å². The first kappa shape index (κ1) is 22.4. The molecular formula is C22H23FO5S. The minimum absolute atomic E-state index is 0.00829. The molecule has 0 unspecified atom stereocenters. The fourth-order valence-electron chi connectivity index (χ4n) is 2.65. The van der Waals surface area contributed by atoms with Crippen LogP contribution in [0.2, 0.25) is 0 Å². The lowest BCUT2D eigenvalue weighted by atomic mass is 10.1. The minimum Gasteiger partial charge on any atom is -0.496 e. The Morgan fingerprint density at radius 2 is 1.93 bits per heavy atom. The number of hydrogen-bond donors (Lipinski definition) is 0. The summed E-state index contributed by atoms with van der Waals surface area (Å²) < 4.78 is 29.0. The second-order valence-corrected chi connectivity index (χ2v) is 6.65. The van der Waals surface area contributed by atoms with Crippen LogP contribution in [0.5, 0.6) is 5.75 Å². The van der Waals surface area contributed by atoms with Crippen LogP contribution in [-0.4, -0.2) is 25.5 Å². The summed E-state index contributed by atoms with van der Waals surface area (Å²) in [6.45, 7) is 5.98. The van der Waals surface area contributed by atoms with Gasteiger partial charge in [0.05, 0.1) is 31.3 Å². The zero-order valence-electron chi connectivity index (χ0n) is 16.8. The van der Waals surface area contributed by atoms with Gasteiger partial charge >= 0.3 is 5.97 Å². The first-order valence-electron chi connectivity index (χ1n) is 9.24. The van der Waals surface area contributed by atoms with E-state index < -0.39 is 11.8 Å². The third kappa shape index (κ3) is 5.32. The number of esters is 1. The van der Waals surface area contributed by atoms with Crippen molar-refractivity contribution < 1.29 is 27.9 Å². The first-order chi connectivity index (χ1) is 14.0. The van der Waals surface area contributed by atoms with Crippen LogP contribution < -0.4 is 4.74 Å². The molecule has 2 aromatic heterocycles. The summed E-state index contributed by atoms with van der Waals surface area (Å²) in [4.78, 5) is 25.7. The zero-order valence-corrected chi connectivity index (χ0v) is 17.6. The molecule has 0 bridgehead atoms. The Hall–Kier alpha value is -2.93. The van der Waals surface area contributed by atoms with Crippen LogP contribution in [0.15, 0.2) is 47.1 Å². The van der Waals surface area contributed by atoms with Crippen LogP contribution in [0.25, 0.3) is 10.4 Å². The van der Waals surface area contributed by atoms with E-state index in [4.69, 9.17) is 13.9 Å². The molecule has 154 valence electrons. The van der Waals surface area contributed by atoms with E-state index in [0.29, 0.717) is 26.6 Å². The summed E-state index contributed by atoms with van der Waals surface area (Å²) in [6.07, 6.45) is 1.41. The maximum absolute atomic E-state index is 13.6. The van der Waals surface area contributed by atoms with Crippen molar-refractivity contribution in [1.29, 1.82) is 0 Å². The molecule has 2 heterocycles. The molecule has 0 aliphatic heterocycles. The third-order valence-electron chi connectivity index (χ3n) is 3.83. The van der Waals surface area contributed by atoms with Crippen LogP contribution in [0, 0.1) is 5.82 Å². The number of methoxy groups -OCH3 is 1. The number of furan rings is 1. The molecule has 0 aliphatic rings. The average Bonchev–Trinajstić information content (AvgIpc) is 3.39. The predicted molar refractivity (Wildman–Crippen MR) is 110 cm³/mol. The van der Waals surface area contributed by atoms with Gasteiger partial charge in [-0.2, -0.15) is 0 Å². The highest BCUT2D eigenvalue weighted by molar-refractivity contribution is 7.17. The monoisotopic (exact) mass is 418 g/mol. The smallest absolute Gasteiger partial charge is 0.310 e. The Bertz CT molecular complexity index is 960. The highest BCUT2D eigenvalue weighted by Crippen LogP contribution is 2.39. The number of ketones is 1. The van der Waals surface area contributed by atoms with E-state index in [1.165, 1.54) is 36.8 Å². The second-order valence-electron chi connectivity index (χ2n) is 5.60. The van der Waals surface area contributed by atoms with Crippen LogP contribution in [0.1, 0.15) is 41.8 Å². The van der Waals surface area contributed by atoms with E-state index in [1.807, 2.05) is 13.8 Å². The molecule has 0 saturated heterocycles. The van der Waals surface area contributed by atoms with Gasteiger partial charge < -0.3 is 13.9 Å². The summed E-state index contributed by atoms with van der Waals surface area (Å²) in [5.41, 5.74) is 1.21.